The highest BCUT2D eigenvalue weighted by atomic mass is 79.9. The van der Waals surface area contributed by atoms with E-state index in [9.17, 15) is 30.8 Å². The first kappa shape index (κ1) is 20.9. The Bertz CT molecular complexity index is 881. The van der Waals surface area contributed by atoms with Crippen molar-refractivity contribution in [1.29, 1.82) is 5.26 Å². The molecule has 1 fully saturated rings. The van der Waals surface area contributed by atoms with E-state index in [1.54, 1.807) is 0 Å². The number of halogens is 1. The fourth-order valence-electron chi connectivity index (χ4n) is 3.29. The van der Waals surface area contributed by atoms with Gasteiger partial charge in [-0.2, -0.15) is 5.26 Å². The lowest BCUT2D eigenvalue weighted by Gasteiger charge is -2.45. The first-order valence-electron chi connectivity index (χ1n) is 8.63. The summed E-state index contributed by atoms with van der Waals surface area (Å²) < 4.78 is 6.27. The second-order valence-corrected chi connectivity index (χ2v) is 7.66. The average molecular weight is 450 g/mol. The normalized spacial score (nSPS) is 30.0. The summed E-state index contributed by atoms with van der Waals surface area (Å²) in [5, 5.41) is 60.0. The van der Waals surface area contributed by atoms with Gasteiger partial charge in [-0.1, -0.05) is 34.1 Å². The molecule has 0 aliphatic carbocycles. The lowest BCUT2D eigenvalue weighted by atomic mass is 9.86. The molecule has 0 aromatic heterocycles. The molecule has 1 aliphatic heterocycles. The molecule has 0 amide bonds. The number of hydrogen-bond donors (Lipinski definition) is 5. The quantitative estimate of drug-likeness (QED) is 0.459. The summed E-state index contributed by atoms with van der Waals surface area (Å²) in [5.74, 6) is -2.35. The molecule has 0 saturated carbocycles. The van der Waals surface area contributed by atoms with E-state index in [1.165, 1.54) is 18.2 Å². The van der Waals surface area contributed by atoms with Gasteiger partial charge in [0.05, 0.1) is 18.2 Å². The first-order chi connectivity index (χ1) is 13.3. The molecule has 2 aromatic carbocycles. The van der Waals surface area contributed by atoms with Gasteiger partial charge in [-0.25, -0.2) is 0 Å². The maximum Gasteiger partial charge on any atom is 0.222 e. The molecule has 0 unspecified atom stereocenters. The molecule has 5 atom stereocenters. The monoisotopic (exact) mass is 449 g/mol. The van der Waals surface area contributed by atoms with Gasteiger partial charge in [-0.3, -0.25) is 0 Å². The highest BCUT2D eigenvalue weighted by molar-refractivity contribution is 9.10. The molecule has 2 aromatic rings. The van der Waals surface area contributed by atoms with Crippen molar-refractivity contribution in [3.8, 4) is 6.07 Å². The van der Waals surface area contributed by atoms with Crippen molar-refractivity contribution in [2.45, 2.75) is 36.6 Å². The van der Waals surface area contributed by atoms with Gasteiger partial charge in [0.2, 0.25) is 5.79 Å². The van der Waals surface area contributed by atoms with Gasteiger partial charge in [0.15, 0.2) is 0 Å². The van der Waals surface area contributed by atoms with Gasteiger partial charge >= 0.3 is 0 Å². The minimum Gasteiger partial charge on any atom is -0.394 e. The Balaban J connectivity index is 2.00. The molecular weight excluding hydrogens is 430 g/mol. The highest BCUT2D eigenvalue weighted by Crippen LogP contribution is 2.37. The Kier molecular flexibility index (Phi) is 6.17. The first-order valence-corrected chi connectivity index (χ1v) is 9.42. The predicted octanol–water partition coefficient (Wildman–Crippen LogP) is 0.530. The van der Waals surface area contributed by atoms with E-state index >= 15 is 0 Å². The number of nitrogens with zero attached hydrogens (tertiary/aromatic N) is 1. The Morgan fingerprint density at radius 2 is 1.75 bits per heavy atom. The van der Waals surface area contributed by atoms with Gasteiger partial charge in [0, 0.05) is 10.0 Å². The van der Waals surface area contributed by atoms with Crippen molar-refractivity contribution in [3.05, 3.63) is 69.2 Å². The van der Waals surface area contributed by atoms with E-state index in [0.29, 0.717) is 17.5 Å². The summed E-state index contributed by atoms with van der Waals surface area (Å²) in [6, 6.07) is 14.0. The smallest absolute Gasteiger partial charge is 0.222 e. The molecule has 5 N–H and O–H groups in total. The number of hydrogen-bond acceptors (Lipinski definition) is 7. The van der Waals surface area contributed by atoms with E-state index in [4.69, 9.17) is 4.74 Å². The lowest BCUT2D eigenvalue weighted by molar-refractivity contribution is -0.357. The number of aliphatic hydroxyl groups excluding tert-OH is 4. The molecule has 3 rings (SSSR count). The zero-order valence-electron chi connectivity index (χ0n) is 14.7. The van der Waals surface area contributed by atoms with E-state index < -0.39 is 36.8 Å². The Hall–Kier alpha value is -1.83. The van der Waals surface area contributed by atoms with Crippen LogP contribution in [0.5, 0.6) is 0 Å². The molecular formula is C20H20BrNO6. The topological polar surface area (TPSA) is 134 Å². The van der Waals surface area contributed by atoms with Crippen LogP contribution in [-0.2, 0) is 16.9 Å². The predicted molar refractivity (Wildman–Crippen MR) is 102 cm³/mol. The van der Waals surface area contributed by atoms with Gasteiger partial charge in [-0.15, -0.1) is 0 Å². The van der Waals surface area contributed by atoms with Crippen molar-refractivity contribution in [2.24, 2.45) is 0 Å². The zero-order chi connectivity index (χ0) is 20.5. The third kappa shape index (κ3) is 3.83. The molecule has 1 heterocycles. The van der Waals surface area contributed by atoms with Crippen LogP contribution >= 0.6 is 15.9 Å². The molecule has 0 bridgehead atoms. The Morgan fingerprint density at radius 1 is 1.07 bits per heavy atom. The van der Waals surface area contributed by atoms with Gasteiger partial charge < -0.3 is 30.3 Å². The largest absolute Gasteiger partial charge is 0.394 e. The third-order valence-corrected chi connectivity index (χ3v) is 5.44. The van der Waals surface area contributed by atoms with Crippen LogP contribution in [0.15, 0.2) is 46.9 Å². The molecule has 148 valence electrons. The van der Waals surface area contributed by atoms with Gasteiger partial charge in [0.1, 0.15) is 24.4 Å². The maximum atomic E-state index is 10.9. The lowest BCUT2D eigenvalue weighted by Crippen LogP contribution is -2.63. The van der Waals surface area contributed by atoms with Crippen molar-refractivity contribution < 1.29 is 30.3 Å². The number of nitriles is 1. The van der Waals surface area contributed by atoms with Crippen LogP contribution < -0.4 is 0 Å². The van der Waals surface area contributed by atoms with Gasteiger partial charge in [-0.05, 0) is 41.8 Å². The van der Waals surface area contributed by atoms with Crippen LogP contribution in [0.25, 0.3) is 0 Å². The molecule has 0 radical (unpaired) electrons. The second-order valence-electron chi connectivity index (χ2n) is 6.75. The van der Waals surface area contributed by atoms with E-state index in [1.807, 2.05) is 24.3 Å². The van der Waals surface area contributed by atoms with Crippen LogP contribution in [0.3, 0.4) is 0 Å². The Labute approximate surface area is 170 Å². The Morgan fingerprint density at radius 3 is 2.36 bits per heavy atom. The van der Waals surface area contributed by atoms with Crippen LogP contribution in [0, 0.1) is 11.3 Å². The summed E-state index contributed by atoms with van der Waals surface area (Å²) in [5.41, 5.74) is 2.01. The molecule has 7 nitrogen and oxygen atoms in total. The summed E-state index contributed by atoms with van der Waals surface area (Å²) >= 11 is 3.36. The molecule has 28 heavy (non-hydrogen) atoms. The van der Waals surface area contributed by atoms with E-state index in [0.717, 1.165) is 10.0 Å². The third-order valence-electron chi connectivity index (χ3n) is 4.91. The average Bonchev–Trinajstić information content (AvgIpc) is 2.71. The summed E-state index contributed by atoms with van der Waals surface area (Å²) in [6.45, 7) is -0.657. The van der Waals surface area contributed by atoms with Crippen LogP contribution in [0.1, 0.15) is 22.3 Å². The molecule has 1 aliphatic rings. The molecule has 0 spiro atoms. The highest BCUT2D eigenvalue weighted by Gasteiger charge is 2.53. The number of rotatable bonds is 4. The van der Waals surface area contributed by atoms with E-state index in [2.05, 4.69) is 22.0 Å². The van der Waals surface area contributed by atoms with Crippen LogP contribution in [0.4, 0.5) is 0 Å². The fraction of sp³-hybridized carbons (Fsp3) is 0.350. The summed E-state index contributed by atoms with van der Waals surface area (Å²) in [7, 11) is 0. The summed E-state index contributed by atoms with van der Waals surface area (Å²) in [4.78, 5) is 0. The summed E-state index contributed by atoms with van der Waals surface area (Å²) in [6.07, 6.45) is -6.01. The molecule has 1 saturated heterocycles. The molecule has 8 heteroatoms. The van der Waals surface area contributed by atoms with Crippen LogP contribution in [0.2, 0.25) is 0 Å². The van der Waals surface area contributed by atoms with Crippen molar-refractivity contribution >= 4 is 15.9 Å². The SMILES string of the molecule is N#Cc1ccc([C@@]2(O)O[C@H](CO)[C@@H](O)[C@H](O)[C@H]2O)cc1Cc1ccc(Br)cc1. The minimum absolute atomic E-state index is 0.107. The van der Waals surface area contributed by atoms with Crippen molar-refractivity contribution in [3.63, 3.8) is 0 Å². The fourth-order valence-corrected chi connectivity index (χ4v) is 3.55. The minimum atomic E-state index is -2.35. The number of aliphatic hydroxyl groups is 5. The standard InChI is InChI=1S/C20H20BrNO6/c21-15-5-1-11(2-6-15)7-13-8-14(4-3-12(13)9-22)20(27)19(26)18(25)17(24)16(10-23)28-20/h1-6,8,16-19,23-27H,7,10H2/t16-,17-,18+,19-,20-/m1/s1. The van der Waals surface area contributed by atoms with Crippen LogP contribution in [-0.4, -0.2) is 56.6 Å². The number of ether oxygens (including phenoxy) is 1. The second kappa shape index (κ2) is 8.27. The maximum absolute atomic E-state index is 10.9. The number of benzene rings is 2. The zero-order valence-corrected chi connectivity index (χ0v) is 16.3. The van der Waals surface area contributed by atoms with E-state index in [-0.39, 0.29) is 5.56 Å². The van der Waals surface area contributed by atoms with Crippen molar-refractivity contribution in [2.75, 3.05) is 6.61 Å². The van der Waals surface area contributed by atoms with Gasteiger partial charge in [0.25, 0.3) is 0 Å². The van der Waals surface area contributed by atoms with Crippen molar-refractivity contribution in [1.82, 2.24) is 0 Å².